The van der Waals surface area contributed by atoms with Crippen LogP contribution in [0, 0.1) is 5.82 Å². The first-order valence-corrected chi connectivity index (χ1v) is 7.58. The van der Waals surface area contributed by atoms with E-state index in [1.165, 1.54) is 18.2 Å². The molecule has 0 aliphatic rings. The molecule has 0 fully saturated rings. The highest BCUT2D eigenvalue weighted by atomic mass is 19.1. The molecule has 0 aliphatic heterocycles. The summed E-state index contributed by atoms with van der Waals surface area (Å²) >= 11 is 0. The van der Waals surface area contributed by atoms with Crippen LogP contribution in [0.4, 0.5) is 4.39 Å². The Morgan fingerprint density at radius 2 is 1.87 bits per heavy atom. The summed E-state index contributed by atoms with van der Waals surface area (Å²) in [6.45, 7) is 5.49. The lowest BCUT2D eigenvalue weighted by Crippen LogP contribution is -2.40. The molecule has 1 heterocycles. The minimum Gasteiger partial charge on any atom is -0.352 e. The summed E-state index contributed by atoms with van der Waals surface area (Å²) in [5.74, 6) is -0.603. The number of rotatable bonds is 5. The molecule has 5 nitrogen and oxygen atoms in total. The van der Waals surface area contributed by atoms with Crippen molar-refractivity contribution in [2.45, 2.75) is 39.3 Å². The molecule has 0 bridgehead atoms. The van der Waals surface area contributed by atoms with Gasteiger partial charge in [-0.05, 0) is 50.6 Å². The van der Waals surface area contributed by atoms with Crippen molar-refractivity contribution in [3.8, 4) is 11.3 Å². The van der Waals surface area contributed by atoms with Gasteiger partial charge in [-0.2, -0.15) is 5.10 Å². The summed E-state index contributed by atoms with van der Waals surface area (Å²) < 4.78 is 14.2. The molecule has 1 aromatic heterocycles. The molecule has 2 aromatic rings. The van der Waals surface area contributed by atoms with Crippen molar-refractivity contribution in [1.82, 2.24) is 15.1 Å². The zero-order valence-corrected chi connectivity index (χ0v) is 13.4. The van der Waals surface area contributed by atoms with Gasteiger partial charge in [-0.25, -0.2) is 9.07 Å². The number of hydrogen-bond donors (Lipinski definition) is 1. The van der Waals surface area contributed by atoms with Crippen molar-refractivity contribution < 1.29 is 9.18 Å². The van der Waals surface area contributed by atoms with Crippen molar-refractivity contribution in [1.29, 1.82) is 0 Å². The van der Waals surface area contributed by atoms with Crippen LogP contribution in [0.1, 0.15) is 33.2 Å². The first-order valence-electron chi connectivity index (χ1n) is 7.58. The van der Waals surface area contributed by atoms with Crippen molar-refractivity contribution in [3.05, 3.63) is 52.6 Å². The Balaban J connectivity index is 2.32. The molecule has 0 spiro atoms. The maximum Gasteiger partial charge on any atom is 0.267 e. The van der Waals surface area contributed by atoms with Crippen LogP contribution in [0.15, 0.2) is 41.2 Å². The van der Waals surface area contributed by atoms with E-state index in [4.69, 9.17) is 0 Å². The first kappa shape index (κ1) is 16.9. The smallest absolute Gasteiger partial charge is 0.267 e. The zero-order valence-electron chi connectivity index (χ0n) is 13.4. The topological polar surface area (TPSA) is 64.0 Å². The Kier molecular flexibility index (Phi) is 5.26. The van der Waals surface area contributed by atoms with Gasteiger partial charge in [0, 0.05) is 17.7 Å². The van der Waals surface area contributed by atoms with Crippen LogP contribution in [0.3, 0.4) is 0 Å². The molecule has 0 radical (unpaired) electrons. The monoisotopic (exact) mass is 317 g/mol. The molecule has 0 aliphatic carbocycles. The number of carbonyl (C=O) groups is 1. The third kappa shape index (κ3) is 4.03. The molecule has 6 heteroatoms. The third-order valence-corrected chi connectivity index (χ3v) is 3.71. The summed E-state index contributed by atoms with van der Waals surface area (Å²) in [5.41, 5.74) is 0.824. The quantitative estimate of drug-likeness (QED) is 0.921. The Bertz CT molecular complexity index is 740. The van der Waals surface area contributed by atoms with Crippen LogP contribution in [0.5, 0.6) is 0 Å². The predicted molar refractivity (Wildman–Crippen MR) is 86.5 cm³/mol. The van der Waals surface area contributed by atoms with Crippen LogP contribution < -0.4 is 10.9 Å². The van der Waals surface area contributed by atoms with Gasteiger partial charge in [-0.15, -0.1) is 0 Å². The lowest BCUT2D eigenvalue weighted by Gasteiger charge is -2.17. The second-order valence-corrected chi connectivity index (χ2v) is 5.50. The fourth-order valence-electron chi connectivity index (χ4n) is 2.05. The van der Waals surface area contributed by atoms with Gasteiger partial charge in [-0.1, -0.05) is 6.92 Å². The van der Waals surface area contributed by atoms with Gasteiger partial charge in [0.05, 0.1) is 5.69 Å². The van der Waals surface area contributed by atoms with Crippen LogP contribution in [-0.2, 0) is 4.79 Å². The number of aromatic nitrogens is 2. The summed E-state index contributed by atoms with van der Waals surface area (Å²) in [6, 6.07) is 8.03. The fourth-order valence-corrected chi connectivity index (χ4v) is 2.05. The van der Waals surface area contributed by atoms with E-state index in [0.717, 1.165) is 11.1 Å². The van der Waals surface area contributed by atoms with Crippen LogP contribution in [0.2, 0.25) is 0 Å². The van der Waals surface area contributed by atoms with Crippen molar-refractivity contribution >= 4 is 5.91 Å². The second-order valence-electron chi connectivity index (χ2n) is 5.50. The van der Waals surface area contributed by atoms with Gasteiger partial charge in [0.25, 0.3) is 5.56 Å². The maximum atomic E-state index is 13.0. The SMILES string of the molecule is CCC(C)NC(=O)C(C)n1nc(-c2ccc(F)cc2)ccc1=O. The minimum atomic E-state index is -0.725. The lowest BCUT2D eigenvalue weighted by molar-refractivity contribution is -0.124. The van der Waals surface area contributed by atoms with Gasteiger partial charge >= 0.3 is 0 Å². The Morgan fingerprint density at radius 1 is 1.22 bits per heavy atom. The highest BCUT2D eigenvalue weighted by Gasteiger charge is 2.19. The number of nitrogens with one attached hydrogen (secondary N) is 1. The Hall–Kier alpha value is -2.50. The number of hydrogen-bond acceptors (Lipinski definition) is 3. The molecule has 23 heavy (non-hydrogen) atoms. The summed E-state index contributed by atoms with van der Waals surface area (Å²) in [6.07, 6.45) is 0.802. The molecule has 1 N–H and O–H groups in total. The van der Waals surface area contributed by atoms with E-state index in [9.17, 15) is 14.0 Å². The summed E-state index contributed by atoms with van der Waals surface area (Å²) in [4.78, 5) is 24.2. The van der Waals surface area contributed by atoms with E-state index in [1.54, 1.807) is 25.1 Å². The van der Waals surface area contributed by atoms with E-state index in [-0.39, 0.29) is 23.3 Å². The zero-order chi connectivity index (χ0) is 17.0. The van der Waals surface area contributed by atoms with Gasteiger partial charge in [0.15, 0.2) is 0 Å². The van der Waals surface area contributed by atoms with E-state index in [0.29, 0.717) is 11.3 Å². The van der Waals surface area contributed by atoms with Crippen molar-refractivity contribution in [2.75, 3.05) is 0 Å². The van der Waals surface area contributed by atoms with Crippen molar-refractivity contribution in [2.24, 2.45) is 0 Å². The third-order valence-electron chi connectivity index (χ3n) is 3.71. The first-order chi connectivity index (χ1) is 10.9. The molecule has 122 valence electrons. The maximum absolute atomic E-state index is 13.0. The standard InChI is InChI=1S/C17H20FN3O2/c1-4-11(2)19-17(23)12(3)21-16(22)10-9-15(20-21)13-5-7-14(18)8-6-13/h5-12H,4H2,1-3H3,(H,19,23). The van der Waals surface area contributed by atoms with Crippen molar-refractivity contribution in [3.63, 3.8) is 0 Å². The predicted octanol–water partition coefficient (Wildman–Crippen LogP) is 2.53. The summed E-state index contributed by atoms with van der Waals surface area (Å²) in [5, 5.41) is 7.08. The highest BCUT2D eigenvalue weighted by molar-refractivity contribution is 5.80. The molecule has 2 atom stereocenters. The van der Waals surface area contributed by atoms with Crippen LogP contribution in [-0.4, -0.2) is 21.7 Å². The largest absolute Gasteiger partial charge is 0.352 e. The molecule has 2 unspecified atom stereocenters. The van der Waals surface area contributed by atoms with E-state index >= 15 is 0 Å². The Morgan fingerprint density at radius 3 is 2.48 bits per heavy atom. The fraction of sp³-hybridized carbons (Fsp3) is 0.353. The van der Waals surface area contributed by atoms with Gasteiger partial charge in [0.2, 0.25) is 5.91 Å². The van der Waals surface area contributed by atoms with Crippen LogP contribution >= 0.6 is 0 Å². The average Bonchev–Trinajstić information content (AvgIpc) is 2.55. The number of benzene rings is 1. The van der Waals surface area contributed by atoms with E-state index in [2.05, 4.69) is 10.4 Å². The summed E-state index contributed by atoms with van der Waals surface area (Å²) in [7, 11) is 0. The van der Waals surface area contributed by atoms with Crippen LogP contribution in [0.25, 0.3) is 11.3 Å². The lowest BCUT2D eigenvalue weighted by atomic mass is 10.1. The van der Waals surface area contributed by atoms with Gasteiger partial charge in [0.1, 0.15) is 11.9 Å². The molecule has 0 saturated heterocycles. The minimum absolute atomic E-state index is 0.0286. The van der Waals surface area contributed by atoms with Gasteiger partial charge in [-0.3, -0.25) is 9.59 Å². The second kappa shape index (κ2) is 7.17. The Labute approximate surface area is 134 Å². The number of carbonyl (C=O) groups excluding carboxylic acids is 1. The molecule has 2 rings (SSSR count). The molecular formula is C17H20FN3O2. The number of amides is 1. The molecule has 1 aromatic carbocycles. The molecule has 1 amide bonds. The van der Waals surface area contributed by atoms with E-state index in [1.807, 2.05) is 13.8 Å². The van der Waals surface area contributed by atoms with Gasteiger partial charge < -0.3 is 5.32 Å². The van der Waals surface area contributed by atoms with E-state index < -0.39 is 6.04 Å². The number of nitrogens with zero attached hydrogens (tertiary/aromatic N) is 2. The highest BCUT2D eigenvalue weighted by Crippen LogP contribution is 2.16. The number of halogens is 1. The average molecular weight is 317 g/mol. The normalized spacial score (nSPS) is 13.4. The molecule has 0 saturated carbocycles. The molecular weight excluding hydrogens is 297 g/mol.